The topological polar surface area (TPSA) is 148 Å². The normalized spacial score (nSPS) is 13.2. The van der Waals surface area contributed by atoms with E-state index in [4.69, 9.17) is 59.6 Å². The molecule has 0 atom stereocenters. The average molecular weight is 1620 g/mol. The summed E-state index contributed by atoms with van der Waals surface area (Å²) in [5.41, 5.74) is 16.4. The summed E-state index contributed by atoms with van der Waals surface area (Å²) in [6.07, 6.45) is 0. The largest absolute Gasteiger partial charge is 0.495 e. The molecule has 586 valence electrons. The lowest BCUT2D eigenvalue weighted by molar-refractivity contribution is 0.00578. The van der Waals surface area contributed by atoms with Crippen molar-refractivity contribution in [2.45, 2.75) is 38.9 Å². The smallest absolute Gasteiger partial charge is 0.452 e. The highest BCUT2D eigenvalue weighted by Gasteiger charge is 2.52. The fraction of sp³-hybridized carbons (Fsp3) is 0.0545. The summed E-state index contributed by atoms with van der Waals surface area (Å²) >= 11 is 6.38. The van der Waals surface area contributed by atoms with Crippen molar-refractivity contribution < 1.29 is 18.1 Å². The molecule has 0 unspecified atom stereocenters. The number of halogens is 1. The maximum absolute atomic E-state index is 6.53. The van der Waals surface area contributed by atoms with Crippen molar-refractivity contribution in [2.75, 3.05) is 0 Å². The van der Waals surface area contributed by atoms with Gasteiger partial charge in [-0.25, -0.2) is 39.9 Å². The van der Waals surface area contributed by atoms with Crippen LogP contribution in [0.5, 0.6) is 0 Å². The first-order valence-corrected chi connectivity index (χ1v) is 42.0. The van der Waals surface area contributed by atoms with E-state index in [-0.39, 0.29) is 23.6 Å². The Balaban J connectivity index is 0.000000117. The molecule has 7 heterocycles. The van der Waals surface area contributed by atoms with E-state index < -0.39 is 0 Å². The standard InChI is InChI=1S/C52H30N4O.C38H21ClN4O.C20H21BO2/c1-3-15-35-33(13-1)29-43(39-19-7-5-17-37(35)39)48-41-21-9-11-23-45(41)53-51(55-48)32-27-25-31(26-28-32)47-50-49(42-22-10-12-24-46(42)57-50)56-52(54-47)44-30-34-14-2-4-16-36(34)38-18-6-8-20-40(38)44;39-38-42-33(36-35(43-38)29-14-6-8-16-32(29)44-36)22-17-19-23(20-18-22)37-40-31-15-7-5-13-28(31)34(41-37)30-21-24-9-1-2-10-25(24)26-11-3-4-12-27(26)30;1-19(2)20(3,4)23-21(22-19)18-13-14-9-5-6-10-15(14)16-11-7-8-12-17(16)18/h1-30H;1-21H;5-13H,1-4H3. The van der Waals surface area contributed by atoms with Crippen LogP contribution in [-0.4, -0.2) is 58.2 Å². The van der Waals surface area contributed by atoms with Crippen molar-refractivity contribution >= 4 is 176 Å². The van der Waals surface area contributed by atoms with Gasteiger partial charge in [-0.1, -0.05) is 309 Å². The molecule has 1 aliphatic rings. The van der Waals surface area contributed by atoms with E-state index in [9.17, 15) is 0 Å². The van der Waals surface area contributed by atoms with Gasteiger partial charge in [0.15, 0.2) is 28.6 Å². The second kappa shape index (κ2) is 29.6. The van der Waals surface area contributed by atoms with E-state index in [0.717, 1.165) is 132 Å². The molecular formula is C110H72BClN8O4. The van der Waals surface area contributed by atoms with Crippen LogP contribution in [0.4, 0.5) is 0 Å². The molecule has 24 aromatic rings. The number of hydrogen-bond acceptors (Lipinski definition) is 12. The van der Waals surface area contributed by atoms with Crippen molar-refractivity contribution in [3.63, 3.8) is 0 Å². The van der Waals surface area contributed by atoms with Gasteiger partial charge in [-0.2, -0.15) is 0 Å². The minimum absolute atomic E-state index is 0.174. The zero-order valence-electron chi connectivity index (χ0n) is 67.8. The van der Waals surface area contributed by atoms with Crippen molar-refractivity contribution in [1.29, 1.82) is 0 Å². The summed E-state index contributed by atoms with van der Waals surface area (Å²) in [5, 5.41) is 23.2. The summed E-state index contributed by atoms with van der Waals surface area (Å²) in [4.78, 5) is 40.2. The van der Waals surface area contributed by atoms with E-state index in [0.29, 0.717) is 39.8 Å². The number of nitrogens with zero attached hydrogens (tertiary/aromatic N) is 8. The van der Waals surface area contributed by atoms with Gasteiger partial charge in [-0.15, -0.1) is 0 Å². The molecule has 6 aromatic heterocycles. The van der Waals surface area contributed by atoms with Crippen LogP contribution >= 0.6 is 11.6 Å². The Morgan fingerprint density at radius 1 is 0.242 bits per heavy atom. The monoisotopic (exact) mass is 1610 g/mol. The van der Waals surface area contributed by atoms with Crippen LogP contribution in [0.25, 0.3) is 231 Å². The van der Waals surface area contributed by atoms with Gasteiger partial charge >= 0.3 is 7.12 Å². The van der Waals surface area contributed by atoms with E-state index >= 15 is 0 Å². The molecule has 1 saturated heterocycles. The fourth-order valence-corrected chi connectivity index (χ4v) is 18.2. The van der Waals surface area contributed by atoms with Crippen molar-refractivity contribution in [3.05, 3.63) is 369 Å². The minimum atomic E-state index is -0.338. The number of benzene rings is 18. The molecule has 0 saturated carbocycles. The summed E-state index contributed by atoms with van der Waals surface area (Å²) in [5.74, 6) is 1.96. The highest BCUT2D eigenvalue weighted by atomic mass is 35.5. The molecule has 25 rings (SSSR count). The quantitative estimate of drug-likeness (QED) is 0.0810. The van der Waals surface area contributed by atoms with Gasteiger partial charge in [0.25, 0.3) is 0 Å². The second-order valence-electron chi connectivity index (χ2n) is 32.7. The Hall–Kier alpha value is -15.2. The van der Waals surface area contributed by atoms with Crippen LogP contribution in [0.1, 0.15) is 27.7 Å². The zero-order valence-corrected chi connectivity index (χ0v) is 68.6. The minimum Gasteiger partial charge on any atom is -0.452 e. The molecule has 0 N–H and O–H groups in total. The highest BCUT2D eigenvalue weighted by molar-refractivity contribution is 6.66. The van der Waals surface area contributed by atoms with Crippen LogP contribution in [0.15, 0.2) is 373 Å². The Labute approximate surface area is 716 Å². The van der Waals surface area contributed by atoms with Crippen LogP contribution in [-0.2, 0) is 9.31 Å². The van der Waals surface area contributed by atoms with Crippen molar-refractivity contribution in [1.82, 2.24) is 39.9 Å². The predicted octanol–water partition coefficient (Wildman–Crippen LogP) is 28.2. The first-order chi connectivity index (χ1) is 60.8. The number of furan rings is 2. The second-order valence-corrected chi connectivity index (χ2v) is 33.0. The molecule has 18 aromatic carbocycles. The highest BCUT2D eigenvalue weighted by Crippen LogP contribution is 2.46. The SMILES string of the molecule is CC1(C)OB(c2cc3ccccc3c3ccccc23)OC1(C)C.Clc1nc(-c2ccc(-c3nc(-c4cc5ccccc5c5ccccc45)c4ccccc4n3)cc2)c2oc3ccccc3c2n1.c1ccc2c(c1)cc(-c1nc(-c3ccc(-c4nc(-c5cc6ccccc6c6ccccc56)c5ccccc5n4)cc3)c3oc4ccccc4c3n1)c1ccccc12. The number of rotatable bonds is 8. The predicted molar refractivity (Wildman–Crippen MR) is 510 cm³/mol. The lowest BCUT2D eigenvalue weighted by Gasteiger charge is -2.32. The first kappa shape index (κ1) is 73.9. The molecule has 14 heteroatoms. The molecular weight excluding hydrogens is 1540 g/mol. The third-order valence-corrected chi connectivity index (χ3v) is 25.0. The van der Waals surface area contributed by atoms with Gasteiger partial charge in [-0.05, 0) is 186 Å². The number of fused-ring (bicyclic) bond motifs is 20. The van der Waals surface area contributed by atoms with Crippen LogP contribution in [0.2, 0.25) is 5.28 Å². The molecule has 1 fully saturated rings. The molecule has 1 aliphatic heterocycles. The van der Waals surface area contributed by atoms with E-state index in [1.54, 1.807) is 0 Å². The average Bonchev–Trinajstić information content (AvgIpc) is 1.04. The van der Waals surface area contributed by atoms with Gasteiger partial charge in [-0.3, -0.25) is 0 Å². The summed E-state index contributed by atoms with van der Waals surface area (Å²) < 4.78 is 25.3. The maximum Gasteiger partial charge on any atom is 0.495 e. The van der Waals surface area contributed by atoms with Crippen LogP contribution in [0, 0.1) is 0 Å². The zero-order chi connectivity index (χ0) is 82.9. The molecule has 12 nitrogen and oxygen atoms in total. The molecule has 124 heavy (non-hydrogen) atoms. The van der Waals surface area contributed by atoms with Gasteiger partial charge in [0.2, 0.25) is 5.28 Å². The summed E-state index contributed by atoms with van der Waals surface area (Å²) in [6, 6.07) is 126. The molecule has 0 bridgehead atoms. The lowest BCUT2D eigenvalue weighted by atomic mass is 9.75. The van der Waals surface area contributed by atoms with Gasteiger partial charge < -0.3 is 18.1 Å². The lowest BCUT2D eigenvalue weighted by Crippen LogP contribution is -2.41. The molecule has 0 radical (unpaired) electrons. The Kier molecular flexibility index (Phi) is 17.6. The number of aromatic nitrogens is 8. The van der Waals surface area contributed by atoms with E-state index in [1.807, 2.05) is 91.0 Å². The Morgan fingerprint density at radius 3 is 0.984 bits per heavy atom. The van der Waals surface area contributed by atoms with E-state index in [2.05, 4.69) is 311 Å². The van der Waals surface area contributed by atoms with Gasteiger partial charge in [0.05, 0.1) is 33.6 Å². The van der Waals surface area contributed by atoms with Gasteiger partial charge in [0, 0.05) is 60.5 Å². The van der Waals surface area contributed by atoms with E-state index in [1.165, 1.54) is 64.6 Å². The number of hydrogen-bond donors (Lipinski definition) is 0. The van der Waals surface area contributed by atoms with Crippen molar-refractivity contribution in [3.8, 4) is 79.2 Å². The van der Waals surface area contributed by atoms with Gasteiger partial charge in [0.1, 0.15) is 33.6 Å². The molecule has 0 spiro atoms. The Bertz CT molecular complexity index is 8490. The maximum atomic E-state index is 6.53. The summed E-state index contributed by atoms with van der Waals surface area (Å²) in [6.45, 7) is 8.37. The third-order valence-electron chi connectivity index (χ3n) is 24.8. The van der Waals surface area contributed by atoms with Crippen LogP contribution in [0.3, 0.4) is 0 Å². The van der Waals surface area contributed by atoms with Crippen LogP contribution < -0.4 is 5.46 Å². The van der Waals surface area contributed by atoms with Crippen molar-refractivity contribution in [2.24, 2.45) is 0 Å². The molecule has 0 aliphatic carbocycles. The Morgan fingerprint density at radius 2 is 0.548 bits per heavy atom. The fourth-order valence-electron chi connectivity index (χ4n) is 18.0. The summed E-state index contributed by atoms with van der Waals surface area (Å²) in [7, 11) is -0.338. The molecule has 0 amide bonds. The number of para-hydroxylation sites is 4. The first-order valence-electron chi connectivity index (χ1n) is 41.6. The third kappa shape index (κ3) is 12.6.